The number of rotatable bonds is 8. The standard InChI is InChI=1S/C19H18ClN5O4S2/c1-2-11-21-17(27)14-5-3-4-6-15(14)25-31(28,29)19-24-23-18(30-19)22-16(26)12-7-9-13(20)10-8-12/h3-10,25H,2,11H2,1H3,(H,21,27)(H,22,23,26). The number of aromatic nitrogens is 2. The maximum absolute atomic E-state index is 12.7. The molecule has 0 aliphatic carbocycles. The monoisotopic (exact) mass is 479 g/mol. The Labute approximate surface area is 187 Å². The summed E-state index contributed by atoms with van der Waals surface area (Å²) in [6, 6.07) is 12.4. The van der Waals surface area contributed by atoms with Gasteiger partial charge in [0.25, 0.3) is 26.2 Å². The number of para-hydroxylation sites is 1. The predicted molar refractivity (Wildman–Crippen MR) is 119 cm³/mol. The van der Waals surface area contributed by atoms with Crippen molar-refractivity contribution in [1.29, 1.82) is 0 Å². The van der Waals surface area contributed by atoms with Gasteiger partial charge in [0, 0.05) is 17.1 Å². The third kappa shape index (κ3) is 5.78. The van der Waals surface area contributed by atoms with E-state index in [2.05, 4.69) is 25.6 Å². The fraction of sp³-hybridized carbons (Fsp3) is 0.158. The van der Waals surface area contributed by atoms with Gasteiger partial charge in [0.1, 0.15) is 0 Å². The summed E-state index contributed by atoms with van der Waals surface area (Å²) in [5, 5.41) is 13.1. The van der Waals surface area contributed by atoms with E-state index in [-0.39, 0.29) is 20.7 Å². The lowest BCUT2D eigenvalue weighted by molar-refractivity contribution is 0.0953. The summed E-state index contributed by atoms with van der Waals surface area (Å²) < 4.78 is 27.5. The molecule has 9 nitrogen and oxygen atoms in total. The highest BCUT2D eigenvalue weighted by molar-refractivity contribution is 7.94. The number of nitrogens with one attached hydrogen (secondary N) is 3. The Balaban J connectivity index is 1.75. The van der Waals surface area contributed by atoms with Gasteiger partial charge in [-0.05, 0) is 42.8 Å². The fourth-order valence-corrected chi connectivity index (χ4v) is 4.53. The van der Waals surface area contributed by atoms with Gasteiger partial charge in [-0.25, -0.2) is 0 Å². The summed E-state index contributed by atoms with van der Waals surface area (Å²) in [4.78, 5) is 24.6. The lowest BCUT2D eigenvalue weighted by atomic mass is 10.1. The Morgan fingerprint density at radius 2 is 1.74 bits per heavy atom. The number of benzene rings is 2. The van der Waals surface area contributed by atoms with Gasteiger partial charge in [0.05, 0.1) is 11.3 Å². The first-order valence-corrected chi connectivity index (χ1v) is 11.8. The Bertz CT molecular complexity index is 1200. The highest BCUT2D eigenvalue weighted by atomic mass is 35.5. The molecule has 0 radical (unpaired) electrons. The van der Waals surface area contributed by atoms with Crippen molar-refractivity contribution in [3.05, 3.63) is 64.7 Å². The van der Waals surface area contributed by atoms with Gasteiger partial charge in [0.15, 0.2) is 0 Å². The molecular weight excluding hydrogens is 462 g/mol. The van der Waals surface area contributed by atoms with Crippen LogP contribution in [0, 0.1) is 0 Å². The zero-order chi connectivity index (χ0) is 22.4. The number of hydrogen-bond acceptors (Lipinski definition) is 7. The smallest absolute Gasteiger partial charge is 0.291 e. The summed E-state index contributed by atoms with van der Waals surface area (Å²) in [6.45, 7) is 2.38. The number of carbonyl (C=O) groups excluding carboxylic acids is 2. The predicted octanol–water partition coefficient (Wildman–Crippen LogP) is 3.38. The van der Waals surface area contributed by atoms with Gasteiger partial charge < -0.3 is 5.32 Å². The molecule has 0 aliphatic heterocycles. The van der Waals surface area contributed by atoms with E-state index in [1.54, 1.807) is 24.3 Å². The summed E-state index contributed by atoms with van der Waals surface area (Å²) >= 11 is 6.48. The average molecular weight is 480 g/mol. The lowest BCUT2D eigenvalue weighted by Crippen LogP contribution is -2.25. The van der Waals surface area contributed by atoms with Gasteiger partial charge in [-0.3, -0.25) is 19.6 Å². The Morgan fingerprint density at radius 1 is 1.03 bits per heavy atom. The SMILES string of the molecule is CCCNC(=O)c1ccccc1NS(=O)(=O)c1nnc(NC(=O)c2ccc(Cl)cc2)s1. The highest BCUT2D eigenvalue weighted by Crippen LogP contribution is 2.25. The van der Waals surface area contributed by atoms with E-state index in [9.17, 15) is 18.0 Å². The molecule has 0 saturated heterocycles. The van der Waals surface area contributed by atoms with Gasteiger partial charge >= 0.3 is 0 Å². The Kier molecular flexibility index (Phi) is 7.21. The van der Waals surface area contributed by atoms with E-state index in [4.69, 9.17) is 11.6 Å². The Hall–Kier alpha value is -3.02. The van der Waals surface area contributed by atoms with E-state index >= 15 is 0 Å². The van der Waals surface area contributed by atoms with Crippen LogP contribution < -0.4 is 15.4 Å². The van der Waals surface area contributed by atoms with Crippen LogP contribution in [0.3, 0.4) is 0 Å². The molecule has 0 atom stereocenters. The van der Waals surface area contributed by atoms with E-state index in [1.807, 2.05) is 6.92 Å². The molecule has 3 rings (SSSR count). The van der Waals surface area contributed by atoms with Crippen molar-refractivity contribution in [3.8, 4) is 0 Å². The first-order chi connectivity index (χ1) is 14.8. The molecule has 31 heavy (non-hydrogen) atoms. The van der Waals surface area contributed by atoms with Crippen LogP contribution in [0.4, 0.5) is 10.8 Å². The second-order valence-corrected chi connectivity index (χ2v) is 9.51. The number of halogens is 1. The van der Waals surface area contributed by atoms with Gasteiger partial charge in [-0.1, -0.05) is 42.0 Å². The van der Waals surface area contributed by atoms with Gasteiger partial charge in [0.2, 0.25) is 5.13 Å². The summed E-state index contributed by atoms with van der Waals surface area (Å²) in [7, 11) is -4.13. The van der Waals surface area contributed by atoms with Crippen molar-refractivity contribution >= 4 is 55.6 Å². The van der Waals surface area contributed by atoms with Crippen molar-refractivity contribution in [2.45, 2.75) is 17.7 Å². The molecule has 3 N–H and O–H groups in total. The summed E-state index contributed by atoms with van der Waals surface area (Å²) in [5.74, 6) is -0.879. The fourth-order valence-electron chi connectivity index (χ4n) is 2.43. The van der Waals surface area contributed by atoms with Gasteiger partial charge in [-0.2, -0.15) is 8.42 Å². The minimum absolute atomic E-state index is 0.00861. The molecule has 0 unspecified atom stereocenters. The summed E-state index contributed by atoms with van der Waals surface area (Å²) in [5.41, 5.74) is 0.618. The van der Waals surface area contributed by atoms with Crippen LogP contribution in [0.5, 0.6) is 0 Å². The number of amides is 2. The van der Waals surface area contributed by atoms with Crippen molar-refractivity contribution in [1.82, 2.24) is 15.5 Å². The minimum Gasteiger partial charge on any atom is -0.352 e. The molecule has 162 valence electrons. The maximum Gasteiger partial charge on any atom is 0.291 e. The molecular formula is C19H18ClN5O4S2. The van der Waals surface area contributed by atoms with E-state index in [1.165, 1.54) is 24.3 Å². The molecule has 3 aromatic rings. The van der Waals surface area contributed by atoms with Crippen molar-refractivity contribution in [2.75, 3.05) is 16.6 Å². The first-order valence-electron chi connectivity index (χ1n) is 9.10. The van der Waals surface area contributed by atoms with Crippen molar-refractivity contribution < 1.29 is 18.0 Å². The van der Waals surface area contributed by atoms with Crippen LogP contribution in [0.15, 0.2) is 52.9 Å². The molecule has 1 heterocycles. The third-order valence-electron chi connectivity index (χ3n) is 3.91. The average Bonchev–Trinajstić information content (AvgIpc) is 3.22. The number of carbonyl (C=O) groups is 2. The van der Waals surface area contributed by atoms with Crippen LogP contribution >= 0.6 is 22.9 Å². The normalized spacial score (nSPS) is 11.0. The van der Waals surface area contributed by atoms with E-state index < -0.39 is 21.8 Å². The summed E-state index contributed by atoms with van der Waals surface area (Å²) in [6.07, 6.45) is 0.745. The molecule has 0 spiro atoms. The second-order valence-electron chi connectivity index (χ2n) is 6.24. The maximum atomic E-state index is 12.7. The quantitative estimate of drug-likeness (QED) is 0.424. The van der Waals surface area contributed by atoms with Crippen molar-refractivity contribution in [3.63, 3.8) is 0 Å². The zero-order valence-electron chi connectivity index (χ0n) is 16.3. The Morgan fingerprint density at radius 3 is 2.45 bits per heavy atom. The zero-order valence-corrected chi connectivity index (χ0v) is 18.6. The van der Waals surface area contributed by atoms with E-state index in [0.717, 1.165) is 6.42 Å². The van der Waals surface area contributed by atoms with Crippen LogP contribution in [-0.4, -0.2) is 37.0 Å². The third-order valence-corrected chi connectivity index (χ3v) is 6.74. The van der Waals surface area contributed by atoms with Crippen LogP contribution in [0.1, 0.15) is 34.1 Å². The number of hydrogen-bond donors (Lipinski definition) is 3. The topological polar surface area (TPSA) is 130 Å². The molecule has 0 bridgehead atoms. The number of nitrogens with zero attached hydrogens (tertiary/aromatic N) is 2. The second kappa shape index (κ2) is 9.86. The minimum atomic E-state index is -4.13. The van der Waals surface area contributed by atoms with Crippen LogP contribution in [0.25, 0.3) is 0 Å². The van der Waals surface area contributed by atoms with Gasteiger partial charge in [-0.15, -0.1) is 10.2 Å². The molecule has 0 saturated carbocycles. The molecule has 1 aromatic heterocycles. The molecule has 12 heteroatoms. The molecule has 2 amide bonds. The molecule has 0 aliphatic rings. The van der Waals surface area contributed by atoms with E-state index in [0.29, 0.717) is 28.5 Å². The van der Waals surface area contributed by atoms with Crippen LogP contribution in [-0.2, 0) is 10.0 Å². The molecule has 0 fully saturated rings. The highest BCUT2D eigenvalue weighted by Gasteiger charge is 2.23. The first kappa shape index (κ1) is 22.7. The lowest BCUT2D eigenvalue weighted by Gasteiger charge is -2.11. The molecule has 2 aromatic carbocycles. The van der Waals surface area contributed by atoms with Crippen molar-refractivity contribution in [2.24, 2.45) is 0 Å². The van der Waals surface area contributed by atoms with Crippen LogP contribution in [0.2, 0.25) is 5.02 Å². The largest absolute Gasteiger partial charge is 0.352 e. The number of sulfonamides is 1. The number of anilines is 2.